The summed E-state index contributed by atoms with van der Waals surface area (Å²) >= 11 is 3.43. The minimum atomic E-state index is -0.572. The molecule has 1 aromatic heterocycles. The van der Waals surface area contributed by atoms with Crippen LogP contribution in [0, 0.1) is 0 Å². The predicted molar refractivity (Wildman–Crippen MR) is 131 cm³/mol. The van der Waals surface area contributed by atoms with Crippen LogP contribution in [0.2, 0.25) is 0 Å². The first-order valence-electron chi connectivity index (χ1n) is 10.9. The van der Waals surface area contributed by atoms with Crippen molar-refractivity contribution in [3.05, 3.63) is 110 Å². The van der Waals surface area contributed by atoms with Crippen LogP contribution in [0.3, 0.4) is 0 Å². The van der Waals surface area contributed by atoms with Crippen molar-refractivity contribution >= 4 is 32.8 Å². The summed E-state index contributed by atoms with van der Waals surface area (Å²) in [6.45, 7) is 3.00. The van der Waals surface area contributed by atoms with E-state index in [-0.39, 0.29) is 17.1 Å². The van der Waals surface area contributed by atoms with E-state index in [1.54, 1.807) is 23.1 Å². The molecular formula is C27H22BrNO4. The Kier molecular flexibility index (Phi) is 5.77. The summed E-state index contributed by atoms with van der Waals surface area (Å²) in [6.07, 6.45) is 0.888. The molecule has 0 aliphatic carbocycles. The van der Waals surface area contributed by atoms with Crippen LogP contribution in [-0.4, -0.2) is 17.4 Å². The van der Waals surface area contributed by atoms with Crippen molar-refractivity contribution in [1.82, 2.24) is 4.90 Å². The number of halogens is 1. The van der Waals surface area contributed by atoms with E-state index in [0.29, 0.717) is 35.4 Å². The average molecular weight is 504 g/mol. The second kappa shape index (κ2) is 8.87. The summed E-state index contributed by atoms with van der Waals surface area (Å²) in [5, 5.41) is 0.445. The molecule has 5 nitrogen and oxygen atoms in total. The lowest BCUT2D eigenvalue weighted by molar-refractivity contribution is 0.0714. The van der Waals surface area contributed by atoms with Gasteiger partial charge in [0.25, 0.3) is 5.91 Å². The number of amides is 1. The Hall–Kier alpha value is -3.38. The lowest BCUT2D eigenvalue weighted by Gasteiger charge is -2.25. The molecular weight excluding hydrogens is 482 g/mol. The molecule has 5 rings (SSSR count). The topological polar surface area (TPSA) is 59.8 Å². The van der Waals surface area contributed by atoms with E-state index in [1.165, 1.54) is 0 Å². The van der Waals surface area contributed by atoms with E-state index in [1.807, 2.05) is 61.5 Å². The maximum absolute atomic E-state index is 13.7. The first-order valence-corrected chi connectivity index (χ1v) is 11.7. The first kappa shape index (κ1) is 21.5. The van der Waals surface area contributed by atoms with Gasteiger partial charge in [0.2, 0.25) is 5.76 Å². The van der Waals surface area contributed by atoms with Gasteiger partial charge < -0.3 is 14.1 Å². The zero-order valence-electron chi connectivity index (χ0n) is 18.1. The molecule has 6 heteroatoms. The maximum atomic E-state index is 13.7. The molecule has 1 aliphatic heterocycles. The van der Waals surface area contributed by atoms with Crippen LogP contribution in [0.5, 0.6) is 5.75 Å². The van der Waals surface area contributed by atoms with E-state index < -0.39 is 6.04 Å². The highest BCUT2D eigenvalue weighted by molar-refractivity contribution is 9.10. The van der Waals surface area contributed by atoms with Crippen molar-refractivity contribution in [3.8, 4) is 5.75 Å². The van der Waals surface area contributed by atoms with Gasteiger partial charge in [-0.15, -0.1) is 0 Å². The highest BCUT2D eigenvalue weighted by atomic mass is 79.9. The summed E-state index contributed by atoms with van der Waals surface area (Å²) in [5.74, 6) is 0.527. The number of nitrogens with zero attached hydrogens (tertiary/aromatic N) is 1. The molecule has 3 aromatic carbocycles. The highest BCUT2D eigenvalue weighted by Gasteiger charge is 2.42. The van der Waals surface area contributed by atoms with Crippen LogP contribution >= 0.6 is 15.9 Å². The second-order valence-corrected chi connectivity index (χ2v) is 8.97. The van der Waals surface area contributed by atoms with Gasteiger partial charge in [-0.1, -0.05) is 65.3 Å². The largest absolute Gasteiger partial charge is 0.494 e. The number of benzene rings is 3. The molecule has 33 heavy (non-hydrogen) atoms. The van der Waals surface area contributed by atoms with Gasteiger partial charge in [-0.05, 0) is 47.9 Å². The Morgan fingerprint density at radius 3 is 2.61 bits per heavy atom. The minimum Gasteiger partial charge on any atom is -0.494 e. The fourth-order valence-electron chi connectivity index (χ4n) is 4.28. The van der Waals surface area contributed by atoms with Gasteiger partial charge in [0.15, 0.2) is 5.43 Å². The third kappa shape index (κ3) is 3.95. The van der Waals surface area contributed by atoms with Crippen LogP contribution in [-0.2, 0) is 6.54 Å². The molecule has 0 bridgehead atoms. The molecule has 1 aliphatic rings. The van der Waals surface area contributed by atoms with Crippen LogP contribution in [0.4, 0.5) is 0 Å². The number of ether oxygens (including phenoxy) is 1. The predicted octanol–water partition coefficient (Wildman–Crippen LogP) is 6.09. The van der Waals surface area contributed by atoms with E-state index in [9.17, 15) is 9.59 Å². The molecule has 0 saturated carbocycles. The normalized spacial score (nSPS) is 15.2. The Morgan fingerprint density at radius 2 is 1.82 bits per heavy atom. The number of rotatable bonds is 6. The molecule has 1 unspecified atom stereocenters. The number of fused-ring (bicyclic) bond motifs is 2. The van der Waals surface area contributed by atoms with Gasteiger partial charge in [0.05, 0.1) is 23.6 Å². The zero-order chi connectivity index (χ0) is 22.9. The van der Waals surface area contributed by atoms with E-state index in [0.717, 1.165) is 22.0 Å². The molecule has 0 fully saturated rings. The van der Waals surface area contributed by atoms with Crippen molar-refractivity contribution in [2.24, 2.45) is 0 Å². The van der Waals surface area contributed by atoms with Crippen LogP contribution in [0.15, 0.2) is 86.5 Å². The fraction of sp³-hybridized carbons (Fsp3) is 0.185. The molecule has 166 valence electrons. The van der Waals surface area contributed by atoms with Gasteiger partial charge in [0, 0.05) is 11.0 Å². The van der Waals surface area contributed by atoms with Gasteiger partial charge >= 0.3 is 0 Å². The molecule has 0 spiro atoms. The van der Waals surface area contributed by atoms with E-state index in [2.05, 4.69) is 15.9 Å². The molecule has 0 saturated heterocycles. The standard InChI is InChI=1S/C27H22BrNO4/c1-2-13-32-20-10-6-9-18(14-20)24-23-25(30)21-15-19(28)11-12-22(21)33-26(23)27(31)29(24)16-17-7-4-3-5-8-17/h3-12,14-15,24H,2,13,16H2,1H3. The van der Waals surface area contributed by atoms with Crippen molar-refractivity contribution in [2.45, 2.75) is 25.9 Å². The van der Waals surface area contributed by atoms with Crippen molar-refractivity contribution in [2.75, 3.05) is 6.61 Å². The van der Waals surface area contributed by atoms with Crippen LogP contribution in [0.25, 0.3) is 11.0 Å². The Labute approximate surface area is 199 Å². The maximum Gasteiger partial charge on any atom is 0.291 e. The average Bonchev–Trinajstić information content (AvgIpc) is 3.11. The fourth-order valence-corrected chi connectivity index (χ4v) is 4.64. The van der Waals surface area contributed by atoms with Gasteiger partial charge in [-0.2, -0.15) is 0 Å². The number of carbonyl (C=O) groups is 1. The van der Waals surface area contributed by atoms with Gasteiger partial charge in [-0.25, -0.2) is 0 Å². The smallest absolute Gasteiger partial charge is 0.291 e. The summed E-state index contributed by atoms with van der Waals surface area (Å²) in [4.78, 5) is 28.9. The Morgan fingerprint density at radius 1 is 1.00 bits per heavy atom. The zero-order valence-corrected chi connectivity index (χ0v) is 19.7. The molecule has 4 aromatic rings. The van der Waals surface area contributed by atoms with Gasteiger partial charge in [-0.3, -0.25) is 9.59 Å². The number of carbonyl (C=O) groups excluding carboxylic acids is 1. The SMILES string of the molecule is CCCOc1cccc(C2c3c(oc4ccc(Br)cc4c3=O)C(=O)N2Cc2ccccc2)c1. The molecule has 2 heterocycles. The van der Waals surface area contributed by atoms with E-state index in [4.69, 9.17) is 9.15 Å². The second-order valence-electron chi connectivity index (χ2n) is 8.06. The molecule has 1 atom stereocenters. The Balaban J connectivity index is 1.69. The van der Waals surface area contributed by atoms with Crippen LogP contribution < -0.4 is 10.2 Å². The Bertz CT molecular complexity index is 1400. The first-order chi connectivity index (χ1) is 16.1. The minimum absolute atomic E-state index is 0.107. The molecule has 0 radical (unpaired) electrons. The quantitative estimate of drug-likeness (QED) is 0.319. The van der Waals surface area contributed by atoms with Crippen molar-refractivity contribution in [1.29, 1.82) is 0 Å². The van der Waals surface area contributed by atoms with Crippen molar-refractivity contribution in [3.63, 3.8) is 0 Å². The van der Waals surface area contributed by atoms with E-state index >= 15 is 0 Å². The summed E-state index contributed by atoms with van der Waals surface area (Å²) < 4.78 is 12.6. The molecule has 1 amide bonds. The monoisotopic (exact) mass is 503 g/mol. The summed E-state index contributed by atoms with van der Waals surface area (Å²) in [6, 6.07) is 22.0. The number of hydrogen-bond donors (Lipinski definition) is 0. The lowest BCUT2D eigenvalue weighted by Crippen LogP contribution is -2.29. The third-order valence-electron chi connectivity index (χ3n) is 5.77. The van der Waals surface area contributed by atoms with Crippen LogP contribution in [0.1, 0.15) is 46.6 Å². The lowest BCUT2D eigenvalue weighted by atomic mass is 9.98. The molecule has 0 N–H and O–H groups in total. The third-order valence-corrected chi connectivity index (χ3v) is 6.26. The highest BCUT2D eigenvalue weighted by Crippen LogP contribution is 2.40. The van der Waals surface area contributed by atoms with Crippen molar-refractivity contribution < 1.29 is 13.9 Å². The van der Waals surface area contributed by atoms with Gasteiger partial charge in [0.1, 0.15) is 11.3 Å². The summed E-state index contributed by atoms with van der Waals surface area (Å²) in [5.41, 5.74) is 2.36. The number of hydrogen-bond acceptors (Lipinski definition) is 4. The summed E-state index contributed by atoms with van der Waals surface area (Å²) in [7, 11) is 0.